The molecule has 0 unspecified atom stereocenters. The highest BCUT2D eigenvalue weighted by Gasteiger charge is 1.81. The maximum atomic E-state index is 2.21. The highest BCUT2D eigenvalue weighted by atomic mass is 13.9. The van der Waals surface area contributed by atoms with Crippen molar-refractivity contribution in [3.8, 4) is 0 Å². The van der Waals surface area contributed by atoms with Crippen molar-refractivity contribution in [3.05, 3.63) is 42.9 Å². The van der Waals surface area contributed by atoms with Crippen LogP contribution in [0, 0.1) is 6.42 Å². The van der Waals surface area contributed by atoms with Crippen LogP contribution in [-0.2, 0) is 0 Å². The monoisotopic (exact) mass is 133 g/mol. The average molecular weight is 133 g/mol. The summed E-state index contributed by atoms with van der Waals surface area (Å²) in [7, 11) is 0. The van der Waals surface area contributed by atoms with E-state index in [-0.39, 0.29) is 0 Å². The van der Waals surface area contributed by atoms with Gasteiger partial charge in [0.15, 0.2) is 0 Å². The van der Waals surface area contributed by atoms with Crippen LogP contribution >= 0.6 is 0 Å². The van der Waals surface area contributed by atoms with Crippen molar-refractivity contribution in [2.75, 3.05) is 0 Å². The third-order valence-corrected chi connectivity index (χ3v) is 1.43. The van der Waals surface area contributed by atoms with Gasteiger partial charge in [0.25, 0.3) is 0 Å². The second-order valence-corrected chi connectivity index (χ2v) is 2.33. The summed E-state index contributed by atoms with van der Waals surface area (Å²) in [4.78, 5) is 0. The fraction of sp³-hybridized carbons (Fsp3) is 0.300. The minimum Gasteiger partial charge on any atom is -0.0845 e. The molecule has 0 saturated carbocycles. The van der Waals surface area contributed by atoms with E-state index in [4.69, 9.17) is 0 Å². The van der Waals surface area contributed by atoms with E-state index < -0.39 is 0 Å². The third-order valence-electron chi connectivity index (χ3n) is 1.43. The maximum Gasteiger partial charge on any atom is -0.0166 e. The smallest absolute Gasteiger partial charge is 0.0166 e. The van der Waals surface area contributed by atoms with E-state index in [1.54, 1.807) is 0 Å². The van der Waals surface area contributed by atoms with Gasteiger partial charge in [-0.05, 0) is 25.7 Å². The molecule has 0 aliphatic heterocycles. The molecule has 0 bridgehead atoms. The number of allylic oxidation sites excluding steroid dienone is 6. The summed E-state index contributed by atoms with van der Waals surface area (Å²) in [6, 6.07) is 0. The quantitative estimate of drug-likeness (QED) is 0.476. The summed E-state index contributed by atoms with van der Waals surface area (Å²) in [5.41, 5.74) is 0. The average Bonchev–Trinajstić information content (AvgIpc) is 2.01. The van der Waals surface area contributed by atoms with Gasteiger partial charge in [0.05, 0.1) is 0 Å². The lowest BCUT2D eigenvalue weighted by Crippen LogP contribution is -1.71. The molecule has 0 aromatic carbocycles. The second kappa shape index (κ2) is 5.04. The van der Waals surface area contributed by atoms with Gasteiger partial charge in [-0.2, -0.15) is 0 Å². The lowest BCUT2D eigenvalue weighted by atomic mass is 10.2. The van der Waals surface area contributed by atoms with Gasteiger partial charge in [0.1, 0.15) is 0 Å². The van der Waals surface area contributed by atoms with Crippen molar-refractivity contribution in [3.63, 3.8) is 0 Å². The molecule has 1 rings (SSSR count). The first-order chi connectivity index (χ1) is 5.00. The normalized spacial score (nSPS) is 28.8. The van der Waals surface area contributed by atoms with Crippen LogP contribution in [0.25, 0.3) is 0 Å². The Balaban J connectivity index is 2.38. The molecule has 53 valence electrons. The second-order valence-electron chi connectivity index (χ2n) is 2.33. The third kappa shape index (κ3) is 3.29. The Kier molecular flexibility index (Phi) is 3.69. The van der Waals surface area contributed by atoms with E-state index in [1.807, 2.05) is 0 Å². The van der Waals surface area contributed by atoms with Crippen LogP contribution in [0.5, 0.6) is 0 Å². The van der Waals surface area contributed by atoms with Crippen molar-refractivity contribution >= 4 is 0 Å². The molecule has 0 heteroatoms. The predicted molar refractivity (Wildman–Crippen MR) is 45.6 cm³/mol. The topological polar surface area (TPSA) is 0 Å². The van der Waals surface area contributed by atoms with Crippen LogP contribution < -0.4 is 0 Å². The summed E-state index contributed by atoms with van der Waals surface area (Å²) in [5, 5.41) is 0. The Morgan fingerprint density at radius 2 is 1.50 bits per heavy atom. The fourth-order valence-electron chi connectivity index (χ4n) is 0.874. The van der Waals surface area contributed by atoms with Gasteiger partial charge in [-0.15, -0.1) is 0 Å². The van der Waals surface area contributed by atoms with E-state index in [1.165, 1.54) is 6.42 Å². The Labute approximate surface area is 62.9 Å². The summed E-state index contributed by atoms with van der Waals surface area (Å²) in [6.45, 7) is 0. The van der Waals surface area contributed by atoms with Crippen LogP contribution in [0.1, 0.15) is 19.3 Å². The Bertz CT molecular complexity index is 149. The predicted octanol–water partition coefficient (Wildman–Crippen LogP) is 3.04. The number of hydrogen-bond donors (Lipinski definition) is 0. The lowest BCUT2D eigenvalue weighted by Gasteiger charge is -1.90. The van der Waals surface area contributed by atoms with Crippen molar-refractivity contribution in [1.29, 1.82) is 0 Å². The first kappa shape index (κ1) is 7.33. The zero-order valence-corrected chi connectivity index (χ0v) is 6.16. The first-order valence-corrected chi connectivity index (χ1v) is 3.80. The van der Waals surface area contributed by atoms with Crippen LogP contribution in [0.3, 0.4) is 0 Å². The Hall–Kier alpha value is -0.780. The van der Waals surface area contributed by atoms with Gasteiger partial charge in [-0.3, -0.25) is 0 Å². The summed E-state index contributed by atoms with van der Waals surface area (Å²) >= 11 is 0. The standard InChI is InChI=1S/C10H13/c1-2-4-6-8-10-9-7-5-3-1/h1-4,7,9-10H,5-6,8H2/b3-1-,4-2-,9-7-. The summed E-state index contributed by atoms with van der Waals surface area (Å²) in [6.07, 6.45) is 18.5. The summed E-state index contributed by atoms with van der Waals surface area (Å²) < 4.78 is 0. The largest absolute Gasteiger partial charge is 0.0845 e. The molecule has 0 heterocycles. The molecule has 0 N–H and O–H groups in total. The minimum atomic E-state index is 1.06. The van der Waals surface area contributed by atoms with Crippen LogP contribution in [0.15, 0.2) is 36.5 Å². The zero-order valence-electron chi connectivity index (χ0n) is 6.16. The molecule has 1 aliphatic carbocycles. The molecule has 0 fully saturated rings. The van der Waals surface area contributed by atoms with Gasteiger partial charge >= 0.3 is 0 Å². The number of hydrogen-bond acceptors (Lipinski definition) is 0. The van der Waals surface area contributed by atoms with E-state index in [2.05, 4.69) is 42.9 Å². The van der Waals surface area contributed by atoms with Gasteiger partial charge in [0.2, 0.25) is 0 Å². The Morgan fingerprint density at radius 1 is 0.700 bits per heavy atom. The van der Waals surface area contributed by atoms with Gasteiger partial charge in [-0.1, -0.05) is 36.5 Å². The van der Waals surface area contributed by atoms with Crippen LogP contribution in [-0.4, -0.2) is 0 Å². The van der Waals surface area contributed by atoms with Crippen LogP contribution in [0.4, 0.5) is 0 Å². The fourth-order valence-corrected chi connectivity index (χ4v) is 0.874. The van der Waals surface area contributed by atoms with Gasteiger partial charge < -0.3 is 0 Å². The van der Waals surface area contributed by atoms with Gasteiger partial charge in [-0.25, -0.2) is 0 Å². The number of rotatable bonds is 0. The molecule has 1 aliphatic rings. The highest BCUT2D eigenvalue weighted by molar-refractivity contribution is 5.08. The molecule has 0 amide bonds. The maximum absolute atomic E-state index is 2.21. The van der Waals surface area contributed by atoms with Crippen molar-refractivity contribution in [2.45, 2.75) is 19.3 Å². The lowest BCUT2D eigenvalue weighted by molar-refractivity contribution is 1.00. The molecular weight excluding hydrogens is 120 g/mol. The molecule has 0 aromatic heterocycles. The molecule has 0 saturated heterocycles. The van der Waals surface area contributed by atoms with Gasteiger partial charge in [0, 0.05) is 0 Å². The van der Waals surface area contributed by atoms with Crippen molar-refractivity contribution in [1.82, 2.24) is 0 Å². The molecule has 0 atom stereocenters. The Morgan fingerprint density at radius 3 is 2.50 bits per heavy atom. The van der Waals surface area contributed by atoms with E-state index >= 15 is 0 Å². The molecule has 0 spiro atoms. The summed E-state index contributed by atoms with van der Waals surface area (Å²) in [5.74, 6) is 0. The van der Waals surface area contributed by atoms with E-state index in [0.29, 0.717) is 0 Å². The SMILES string of the molecule is [CH]1/C=C\C/C=C\C=C/CC1. The molecule has 1 radical (unpaired) electrons. The van der Waals surface area contributed by atoms with Crippen molar-refractivity contribution in [2.24, 2.45) is 0 Å². The minimum absolute atomic E-state index is 1.06. The van der Waals surface area contributed by atoms with Crippen LogP contribution in [0.2, 0.25) is 0 Å². The highest BCUT2D eigenvalue weighted by Crippen LogP contribution is 2.00. The molecule has 0 nitrogen and oxygen atoms in total. The van der Waals surface area contributed by atoms with Crippen molar-refractivity contribution < 1.29 is 0 Å². The molecule has 10 heavy (non-hydrogen) atoms. The zero-order chi connectivity index (χ0) is 7.07. The molecule has 0 aromatic rings. The van der Waals surface area contributed by atoms with E-state index in [9.17, 15) is 0 Å². The molecular formula is C10H13. The first-order valence-electron chi connectivity index (χ1n) is 3.80. The van der Waals surface area contributed by atoms with E-state index in [0.717, 1.165) is 12.8 Å².